The number of rotatable bonds is 1. The van der Waals surface area contributed by atoms with Crippen LogP contribution >= 0.6 is 0 Å². The second kappa shape index (κ2) is 5.05. The second-order valence-electron chi connectivity index (χ2n) is 4.37. The topological polar surface area (TPSA) is 101 Å². The molecule has 2 rings (SSSR count). The zero-order valence-corrected chi connectivity index (χ0v) is 13.0. The van der Waals surface area contributed by atoms with Crippen molar-refractivity contribution in [2.45, 2.75) is 30.9 Å². The fourth-order valence-corrected chi connectivity index (χ4v) is 2.66. The van der Waals surface area contributed by atoms with Gasteiger partial charge in [-0.3, -0.25) is 9.59 Å². The van der Waals surface area contributed by atoms with Gasteiger partial charge in [-0.25, -0.2) is 8.42 Å². The van der Waals surface area contributed by atoms with E-state index in [-0.39, 0.29) is 47.5 Å². The van der Waals surface area contributed by atoms with Crippen molar-refractivity contribution in [1.29, 1.82) is 0 Å². The summed E-state index contributed by atoms with van der Waals surface area (Å²) in [6, 6.07) is 0. The second-order valence-corrected chi connectivity index (χ2v) is 6.18. The fourth-order valence-electron chi connectivity index (χ4n) is 2.03. The maximum Gasteiger partial charge on any atom is 1.00 e. The van der Waals surface area contributed by atoms with Crippen molar-refractivity contribution < 1.29 is 56.9 Å². The van der Waals surface area contributed by atoms with Gasteiger partial charge in [-0.05, 0) is 19.8 Å². The Morgan fingerprint density at radius 2 is 1.94 bits per heavy atom. The van der Waals surface area contributed by atoms with E-state index in [1.807, 2.05) is 0 Å². The van der Waals surface area contributed by atoms with Gasteiger partial charge in [-0.1, -0.05) is 0 Å². The third-order valence-corrected chi connectivity index (χ3v) is 4.60. The molecule has 0 N–H and O–H groups in total. The van der Waals surface area contributed by atoms with Crippen molar-refractivity contribution in [3.8, 4) is 0 Å². The molecule has 1 aliphatic heterocycles. The average molecular weight is 282 g/mol. The van der Waals surface area contributed by atoms with E-state index in [0.29, 0.717) is 12.8 Å². The molecule has 0 amide bonds. The summed E-state index contributed by atoms with van der Waals surface area (Å²) < 4.78 is 36.2. The molecule has 6 nitrogen and oxygen atoms in total. The van der Waals surface area contributed by atoms with Gasteiger partial charge in [0, 0.05) is 12.0 Å². The Labute approximate surface area is 127 Å². The van der Waals surface area contributed by atoms with E-state index in [4.69, 9.17) is 4.74 Å². The molecule has 0 saturated carbocycles. The van der Waals surface area contributed by atoms with Gasteiger partial charge in [-0.2, -0.15) is 0 Å². The molecule has 94 valence electrons. The van der Waals surface area contributed by atoms with Crippen LogP contribution in [0, 0.1) is 0 Å². The van der Waals surface area contributed by atoms with Crippen molar-refractivity contribution in [3.63, 3.8) is 0 Å². The minimum atomic E-state index is -4.89. The molecule has 8 heteroatoms. The van der Waals surface area contributed by atoms with Crippen LogP contribution in [0.15, 0.2) is 11.3 Å². The molecule has 1 aliphatic carbocycles. The van der Waals surface area contributed by atoms with Crippen molar-refractivity contribution in [1.82, 2.24) is 0 Å². The third-order valence-electron chi connectivity index (χ3n) is 3.16. The van der Waals surface area contributed by atoms with Gasteiger partial charge in [0.1, 0.15) is 14.9 Å². The monoisotopic (exact) mass is 282 g/mol. The molecule has 0 spiro atoms. The third kappa shape index (κ3) is 2.30. The largest absolute Gasteiger partial charge is 1.00 e. The Morgan fingerprint density at radius 1 is 1.33 bits per heavy atom. The van der Waals surface area contributed by atoms with E-state index >= 15 is 0 Å². The molecule has 0 radical (unpaired) electrons. The van der Waals surface area contributed by atoms with Gasteiger partial charge in [0.05, 0.1) is 6.61 Å². The smallest absolute Gasteiger partial charge is 0.747 e. The van der Waals surface area contributed by atoms with Crippen LogP contribution in [0.3, 0.4) is 0 Å². The minimum absolute atomic E-state index is 0. The maximum absolute atomic E-state index is 12.0. The van der Waals surface area contributed by atoms with Gasteiger partial charge in [0.2, 0.25) is 5.78 Å². The number of hydrogen-bond acceptors (Lipinski definition) is 6. The van der Waals surface area contributed by atoms with E-state index in [1.54, 1.807) is 0 Å². The number of hydrogen-bond donors (Lipinski definition) is 0. The number of Topliss-reactive ketones (excluding diaryl/α,β-unsaturated/α-hetero) is 2. The summed E-state index contributed by atoms with van der Waals surface area (Å²) in [4.78, 5) is 23.7. The SMILES string of the molecule is CC1(S(=O)(=O)[O-])CC(=O)C2=C(OCCC2)C1=O.[Na+]. The van der Waals surface area contributed by atoms with Crippen LogP contribution < -0.4 is 29.6 Å². The van der Waals surface area contributed by atoms with Gasteiger partial charge in [0.25, 0.3) is 0 Å². The molecule has 18 heavy (non-hydrogen) atoms. The van der Waals surface area contributed by atoms with Crippen molar-refractivity contribution in [2.24, 2.45) is 0 Å². The van der Waals surface area contributed by atoms with Crippen molar-refractivity contribution in [2.75, 3.05) is 6.61 Å². The van der Waals surface area contributed by atoms with Gasteiger partial charge in [-0.15, -0.1) is 0 Å². The van der Waals surface area contributed by atoms with E-state index in [1.165, 1.54) is 0 Å². The molecule has 0 aromatic carbocycles. The molecule has 0 aromatic heterocycles. The van der Waals surface area contributed by atoms with Crippen molar-refractivity contribution in [3.05, 3.63) is 11.3 Å². The molecular formula is C10H11NaO6S. The Hall–Kier alpha value is -0.210. The molecule has 0 fully saturated rings. The zero-order chi connectivity index (χ0) is 12.8. The van der Waals surface area contributed by atoms with Crippen LogP contribution in [-0.2, 0) is 24.4 Å². The first-order valence-corrected chi connectivity index (χ1v) is 6.57. The molecule has 1 atom stereocenters. The molecule has 2 aliphatic rings. The normalized spacial score (nSPS) is 28.3. The van der Waals surface area contributed by atoms with Gasteiger partial charge in [0.15, 0.2) is 11.5 Å². The summed E-state index contributed by atoms with van der Waals surface area (Å²) in [5.41, 5.74) is 0.224. The van der Waals surface area contributed by atoms with Gasteiger partial charge >= 0.3 is 29.6 Å². The first-order valence-electron chi connectivity index (χ1n) is 5.17. The van der Waals surface area contributed by atoms with E-state index in [2.05, 4.69) is 0 Å². The molecular weight excluding hydrogens is 271 g/mol. The number of carbonyl (C=O) groups is 2. The van der Waals surface area contributed by atoms with Crippen molar-refractivity contribution >= 4 is 21.7 Å². The number of carbonyl (C=O) groups excluding carboxylic acids is 2. The van der Waals surface area contributed by atoms with E-state index in [9.17, 15) is 22.6 Å². The molecule has 0 bridgehead atoms. The Bertz CT molecular complexity index is 535. The summed E-state index contributed by atoms with van der Waals surface area (Å²) in [6.07, 6.45) is 0.424. The number of ether oxygens (including phenoxy) is 1. The van der Waals surface area contributed by atoms with Gasteiger partial charge < -0.3 is 9.29 Å². The number of allylic oxidation sites excluding steroid dienone is 2. The predicted octanol–water partition coefficient (Wildman–Crippen LogP) is -3.10. The van der Waals surface area contributed by atoms with Crippen LogP contribution in [0.4, 0.5) is 0 Å². The van der Waals surface area contributed by atoms with Crippen LogP contribution in [0.1, 0.15) is 26.2 Å². The van der Waals surface area contributed by atoms with Crippen LogP contribution in [0.25, 0.3) is 0 Å². The Balaban J connectivity index is 0.00000162. The molecule has 0 saturated heterocycles. The molecule has 0 aromatic rings. The number of ketones is 2. The predicted molar refractivity (Wildman–Crippen MR) is 54.9 cm³/mol. The van der Waals surface area contributed by atoms with Crippen LogP contribution in [0.2, 0.25) is 0 Å². The summed E-state index contributed by atoms with van der Waals surface area (Å²) in [5, 5.41) is 0. The first kappa shape index (κ1) is 15.8. The summed E-state index contributed by atoms with van der Waals surface area (Å²) in [5.74, 6) is -1.60. The molecule has 1 heterocycles. The quantitative estimate of drug-likeness (QED) is 0.373. The van der Waals surface area contributed by atoms with E-state index in [0.717, 1.165) is 6.92 Å². The van der Waals surface area contributed by atoms with Crippen LogP contribution in [0.5, 0.6) is 0 Å². The Morgan fingerprint density at radius 3 is 2.50 bits per heavy atom. The fraction of sp³-hybridized carbons (Fsp3) is 0.600. The molecule has 1 unspecified atom stereocenters. The average Bonchev–Trinajstić information content (AvgIpc) is 2.25. The summed E-state index contributed by atoms with van der Waals surface area (Å²) in [6.45, 7) is 1.24. The first-order chi connectivity index (χ1) is 7.77. The summed E-state index contributed by atoms with van der Waals surface area (Å²) in [7, 11) is -4.89. The zero-order valence-electron chi connectivity index (χ0n) is 10.2. The maximum atomic E-state index is 12.0. The Kier molecular flexibility index (Phi) is 4.45. The van der Waals surface area contributed by atoms with Crippen LogP contribution in [-0.4, -0.2) is 35.9 Å². The summed E-state index contributed by atoms with van der Waals surface area (Å²) >= 11 is 0. The standard InChI is InChI=1S/C10H12O6S.Na/c1-10(17(13,14)15)5-7(11)6-3-2-4-16-8(6)9(10)12;/h2-5H2,1H3,(H,13,14,15);/q;+1/p-1. The van der Waals surface area contributed by atoms with E-state index < -0.39 is 32.9 Å². The minimum Gasteiger partial charge on any atom is -0.747 e.